The van der Waals surface area contributed by atoms with Crippen LogP contribution in [0.3, 0.4) is 0 Å². The van der Waals surface area contributed by atoms with E-state index in [1.165, 1.54) is 7.11 Å². The molecule has 0 fully saturated rings. The number of benzene rings is 1. The quantitative estimate of drug-likeness (QED) is 0.743. The number of aliphatic hydroxyl groups is 1. The summed E-state index contributed by atoms with van der Waals surface area (Å²) in [5.74, 6) is -0.611. The Balaban J connectivity index is 2.64. The first-order valence-corrected chi connectivity index (χ1v) is 7.03. The monoisotopic (exact) mass is 345 g/mol. The predicted octanol–water partition coefficient (Wildman–Crippen LogP) is 1.37. The fraction of sp³-hybridized carbons (Fsp3) is 0.467. The van der Waals surface area contributed by atoms with Crippen LogP contribution >= 0.6 is 0 Å². The normalized spacial score (nSPS) is 12.3. The number of nitrogens with zero attached hydrogens (tertiary/aromatic N) is 2. The molecule has 1 rings (SSSR count). The molecule has 0 aliphatic rings. The van der Waals surface area contributed by atoms with Crippen LogP contribution in [0.25, 0.3) is 0 Å². The van der Waals surface area contributed by atoms with Crippen molar-refractivity contribution in [3.63, 3.8) is 0 Å². The maximum atomic E-state index is 12.5. The van der Waals surface area contributed by atoms with Crippen LogP contribution in [0.15, 0.2) is 24.3 Å². The lowest BCUT2D eigenvalue weighted by atomic mass is 10.2. The zero-order valence-corrected chi connectivity index (χ0v) is 13.0. The Morgan fingerprint density at radius 3 is 2.54 bits per heavy atom. The van der Waals surface area contributed by atoms with Gasteiger partial charge in [-0.2, -0.15) is 18.4 Å². The zero-order valence-electron chi connectivity index (χ0n) is 13.0. The summed E-state index contributed by atoms with van der Waals surface area (Å²) in [6.07, 6.45) is -7.42. The minimum absolute atomic E-state index is 0.0488. The van der Waals surface area contributed by atoms with Crippen LogP contribution in [0, 0.1) is 11.3 Å². The summed E-state index contributed by atoms with van der Waals surface area (Å²) in [7, 11) is 1.36. The SMILES string of the molecule is COCCN(CC(O)C(F)(F)F)C(=O)CNc1ccc(C#N)cc1. The minimum Gasteiger partial charge on any atom is -0.383 e. The number of methoxy groups -OCH3 is 1. The van der Waals surface area contributed by atoms with Crippen LogP contribution < -0.4 is 5.32 Å². The first-order chi connectivity index (χ1) is 11.3. The number of halogens is 3. The Kier molecular flexibility index (Phi) is 7.48. The van der Waals surface area contributed by atoms with E-state index in [2.05, 4.69) is 5.32 Å². The molecule has 0 radical (unpaired) electrons. The third kappa shape index (κ3) is 6.44. The number of aliphatic hydroxyl groups excluding tert-OH is 1. The molecule has 0 bridgehead atoms. The number of hydrogen-bond acceptors (Lipinski definition) is 5. The maximum Gasteiger partial charge on any atom is 0.416 e. The van der Waals surface area contributed by atoms with E-state index in [-0.39, 0.29) is 19.7 Å². The molecule has 132 valence electrons. The Hall–Kier alpha value is -2.31. The molecule has 9 heteroatoms. The average Bonchev–Trinajstić information content (AvgIpc) is 2.55. The van der Waals surface area contributed by atoms with Crippen molar-refractivity contribution in [1.82, 2.24) is 4.90 Å². The van der Waals surface area contributed by atoms with Crippen molar-refractivity contribution in [2.45, 2.75) is 12.3 Å². The summed E-state index contributed by atoms with van der Waals surface area (Å²) in [4.78, 5) is 13.0. The molecule has 24 heavy (non-hydrogen) atoms. The van der Waals surface area contributed by atoms with Gasteiger partial charge in [0.15, 0.2) is 6.10 Å². The second-order valence-corrected chi connectivity index (χ2v) is 4.93. The lowest BCUT2D eigenvalue weighted by Crippen LogP contribution is -2.46. The second kappa shape index (κ2) is 9.10. The first-order valence-electron chi connectivity index (χ1n) is 7.03. The number of rotatable bonds is 8. The van der Waals surface area contributed by atoms with Gasteiger partial charge < -0.3 is 20.1 Å². The lowest BCUT2D eigenvalue weighted by molar-refractivity contribution is -0.208. The predicted molar refractivity (Wildman–Crippen MR) is 80.2 cm³/mol. The van der Waals surface area contributed by atoms with E-state index in [9.17, 15) is 18.0 Å². The molecule has 6 nitrogen and oxygen atoms in total. The zero-order chi connectivity index (χ0) is 18.2. The minimum atomic E-state index is -4.80. The van der Waals surface area contributed by atoms with Gasteiger partial charge >= 0.3 is 6.18 Å². The van der Waals surface area contributed by atoms with E-state index in [4.69, 9.17) is 15.1 Å². The highest BCUT2D eigenvalue weighted by Crippen LogP contribution is 2.20. The summed E-state index contributed by atoms with van der Waals surface area (Å²) >= 11 is 0. The van der Waals surface area contributed by atoms with Gasteiger partial charge in [0.1, 0.15) is 0 Å². The van der Waals surface area contributed by atoms with Crippen molar-refractivity contribution in [3.05, 3.63) is 29.8 Å². The Morgan fingerprint density at radius 2 is 2.04 bits per heavy atom. The Labute approximate surface area is 137 Å². The van der Waals surface area contributed by atoms with Gasteiger partial charge in [-0.3, -0.25) is 4.79 Å². The van der Waals surface area contributed by atoms with Gasteiger partial charge in [0.2, 0.25) is 5.91 Å². The molecule has 1 unspecified atom stereocenters. The molecule has 0 aliphatic carbocycles. The number of ether oxygens (including phenoxy) is 1. The molecule has 1 aromatic carbocycles. The van der Waals surface area contributed by atoms with Crippen molar-refractivity contribution in [2.75, 3.05) is 38.7 Å². The molecule has 1 atom stereocenters. The van der Waals surface area contributed by atoms with Gasteiger partial charge in [-0.25, -0.2) is 0 Å². The molecule has 1 amide bonds. The molecule has 2 N–H and O–H groups in total. The smallest absolute Gasteiger partial charge is 0.383 e. The summed E-state index contributed by atoms with van der Waals surface area (Å²) in [6.45, 7) is -1.13. The Bertz CT molecular complexity index is 570. The molecule has 0 heterocycles. The number of alkyl halides is 3. The van der Waals surface area contributed by atoms with Crippen molar-refractivity contribution < 1.29 is 27.8 Å². The van der Waals surface area contributed by atoms with E-state index >= 15 is 0 Å². The maximum absolute atomic E-state index is 12.5. The third-order valence-corrected chi connectivity index (χ3v) is 3.15. The molecular formula is C15H18F3N3O3. The summed E-state index contributed by atoms with van der Waals surface area (Å²) < 4.78 is 42.1. The summed E-state index contributed by atoms with van der Waals surface area (Å²) in [6, 6.07) is 8.19. The first kappa shape index (κ1) is 19.7. The molecule has 1 aromatic rings. The van der Waals surface area contributed by atoms with Crippen molar-refractivity contribution in [1.29, 1.82) is 5.26 Å². The van der Waals surface area contributed by atoms with Crippen LogP contribution in [0.5, 0.6) is 0 Å². The number of nitriles is 1. The van der Waals surface area contributed by atoms with E-state index in [1.807, 2.05) is 6.07 Å². The standard InChI is InChI=1S/C15H18F3N3O3/c1-24-7-6-21(10-13(22)15(16,17)18)14(23)9-20-12-4-2-11(8-19)3-5-12/h2-5,13,20,22H,6-7,9-10H2,1H3. The summed E-state index contributed by atoms with van der Waals surface area (Å²) in [5.41, 5.74) is 0.993. The van der Waals surface area contributed by atoms with Gasteiger partial charge in [0.05, 0.1) is 31.3 Å². The van der Waals surface area contributed by atoms with Crippen LogP contribution in [-0.4, -0.2) is 61.5 Å². The van der Waals surface area contributed by atoms with E-state index in [0.29, 0.717) is 11.3 Å². The van der Waals surface area contributed by atoms with E-state index < -0.39 is 24.7 Å². The lowest BCUT2D eigenvalue weighted by Gasteiger charge is -2.26. The van der Waals surface area contributed by atoms with Gasteiger partial charge in [-0.1, -0.05) is 0 Å². The van der Waals surface area contributed by atoms with Crippen LogP contribution in [0.4, 0.5) is 18.9 Å². The highest BCUT2D eigenvalue weighted by atomic mass is 19.4. The number of amides is 1. The Morgan fingerprint density at radius 1 is 1.42 bits per heavy atom. The second-order valence-electron chi connectivity index (χ2n) is 4.93. The molecule has 0 aliphatic heterocycles. The summed E-state index contributed by atoms with van der Waals surface area (Å²) in [5, 5.41) is 20.6. The third-order valence-electron chi connectivity index (χ3n) is 3.15. The van der Waals surface area contributed by atoms with Crippen LogP contribution in [0.2, 0.25) is 0 Å². The van der Waals surface area contributed by atoms with Gasteiger partial charge in [0.25, 0.3) is 0 Å². The molecule has 0 aromatic heterocycles. The number of anilines is 1. The highest BCUT2D eigenvalue weighted by Gasteiger charge is 2.39. The fourth-order valence-corrected chi connectivity index (χ4v) is 1.78. The van der Waals surface area contributed by atoms with E-state index in [1.54, 1.807) is 24.3 Å². The number of hydrogen-bond donors (Lipinski definition) is 2. The van der Waals surface area contributed by atoms with Crippen LogP contribution in [-0.2, 0) is 9.53 Å². The van der Waals surface area contributed by atoms with Gasteiger partial charge in [0, 0.05) is 19.3 Å². The van der Waals surface area contributed by atoms with Crippen molar-refractivity contribution in [3.8, 4) is 6.07 Å². The molecular weight excluding hydrogens is 327 g/mol. The molecule has 0 saturated heterocycles. The topological polar surface area (TPSA) is 85.6 Å². The van der Waals surface area contributed by atoms with Crippen molar-refractivity contribution >= 4 is 11.6 Å². The average molecular weight is 345 g/mol. The molecule has 0 saturated carbocycles. The van der Waals surface area contributed by atoms with Gasteiger partial charge in [-0.05, 0) is 24.3 Å². The highest BCUT2D eigenvalue weighted by molar-refractivity contribution is 5.81. The van der Waals surface area contributed by atoms with Crippen LogP contribution in [0.1, 0.15) is 5.56 Å². The van der Waals surface area contributed by atoms with Crippen molar-refractivity contribution in [2.24, 2.45) is 0 Å². The van der Waals surface area contributed by atoms with Gasteiger partial charge in [-0.15, -0.1) is 0 Å². The largest absolute Gasteiger partial charge is 0.416 e. The molecule has 0 spiro atoms. The fourth-order valence-electron chi connectivity index (χ4n) is 1.78. The number of carbonyl (C=O) groups is 1. The number of nitrogens with one attached hydrogen (secondary N) is 1. The number of carbonyl (C=O) groups excluding carboxylic acids is 1. The van der Waals surface area contributed by atoms with E-state index in [0.717, 1.165) is 4.90 Å².